The standard InChI is InChI=1S/C20H17Cl2FN2O3S/c1-3-27-18(26)15-16-13-8-10(21)9-14(22)17(13)28-20(15,2)25(19(29)24-16)12-6-4-11(23)5-7-12/h4-9,15-16H,3H2,1-2H3,(H,24,29). The van der Waals surface area contributed by atoms with Crippen LogP contribution in [-0.2, 0) is 9.53 Å². The van der Waals surface area contributed by atoms with Gasteiger partial charge in [-0.1, -0.05) is 23.2 Å². The van der Waals surface area contributed by atoms with Crippen molar-refractivity contribution in [1.29, 1.82) is 0 Å². The van der Waals surface area contributed by atoms with Crippen molar-refractivity contribution in [3.05, 3.63) is 57.8 Å². The minimum Gasteiger partial charge on any atom is -0.466 e. The Labute approximate surface area is 182 Å². The van der Waals surface area contributed by atoms with E-state index in [1.165, 1.54) is 12.1 Å². The first kappa shape index (κ1) is 20.2. The summed E-state index contributed by atoms with van der Waals surface area (Å²) >= 11 is 18.2. The summed E-state index contributed by atoms with van der Waals surface area (Å²) < 4.78 is 25.2. The number of anilines is 1. The second-order valence-electron chi connectivity index (χ2n) is 6.93. The smallest absolute Gasteiger partial charge is 0.317 e. The van der Waals surface area contributed by atoms with Crippen molar-refractivity contribution in [2.24, 2.45) is 5.92 Å². The van der Waals surface area contributed by atoms with Gasteiger partial charge >= 0.3 is 5.97 Å². The molecule has 3 unspecified atom stereocenters. The van der Waals surface area contributed by atoms with Gasteiger partial charge < -0.3 is 14.8 Å². The van der Waals surface area contributed by atoms with E-state index in [0.29, 0.717) is 32.2 Å². The van der Waals surface area contributed by atoms with Crippen LogP contribution in [0.5, 0.6) is 5.75 Å². The number of nitrogens with zero attached hydrogens (tertiary/aromatic N) is 1. The van der Waals surface area contributed by atoms with E-state index >= 15 is 0 Å². The number of rotatable bonds is 3. The van der Waals surface area contributed by atoms with E-state index in [0.717, 1.165) is 0 Å². The maximum atomic E-state index is 13.5. The van der Waals surface area contributed by atoms with E-state index in [4.69, 9.17) is 44.9 Å². The summed E-state index contributed by atoms with van der Waals surface area (Å²) in [6.45, 7) is 3.69. The monoisotopic (exact) mass is 454 g/mol. The molecule has 5 nitrogen and oxygen atoms in total. The summed E-state index contributed by atoms with van der Waals surface area (Å²) in [5, 5.41) is 4.26. The molecule has 1 fully saturated rings. The van der Waals surface area contributed by atoms with Gasteiger partial charge in [-0.15, -0.1) is 0 Å². The molecule has 1 N–H and O–H groups in total. The lowest BCUT2D eigenvalue weighted by atomic mass is 9.79. The Kier molecular flexibility index (Phi) is 5.09. The summed E-state index contributed by atoms with van der Waals surface area (Å²) in [6.07, 6.45) is 0. The van der Waals surface area contributed by atoms with Crippen molar-refractivity contribution >= 4 is 52.2 Å². The van der Waals surface area contributed by atoms with Crippen LogP contribution in [0.25, 0.3) is 0 Å². The van der Waals surface area contributed by atoms with Crippen LogP contribution in [0.1, 0.15) is 25.5 Å². The fourth-order valence-electron chi connectivity index (χ4n) is 3.97. The van der Waals surface area contributed by atoms with Gasteiger partial charge in [-0.05, 0) is 62.5 Å². The van der Waals surface area contributed by atoms with E-state index in [2.05, 4.69) is 5.32 Å². The molecule has 29 heavy (non-hydrogen) atoms. The van der Waals surface area contributed by atoms with Crippen LogP contribution in [0.3, 0.4) is 0 Å². The summed E-state index contributed by atoms with van der Waals surface area (Å²) in [6, 6.07) is 8.49. The molecule has 2 bridgehead atoms. The van der Waals surface area contributed by atoms with Gasteiger partial charge in [0.25, 0.3) is 0 Å². The largest absolute Gasteiger partial charge is 0.466 e. The molecular weight excluding hydrogens is 438 g/mol. The van der Waals surface area contributed by atoms with Crippen molar-refractivity contribution in [3.63, 3.8) is 0 Å². The highest BCUT2D eigenvalue weighted by Crippen LogP contribution is 2.52. The normalized spacial score (nSPS) is 25.0. The number of halogens is 3. The Balaban J connectivity index is 1.92. The van der Waals surface area contributed by atoms with Crippen LogP contribution in [0.2, 0.25) is 10.0 Å². The summed E-state index contributed by atoms with van der Waals surface area (Å²) in [4.78, 5) is 14.6. The lowest BCUT2D eigenvalue weighted by molar-refractivity contribution is -0.159. The summed E-state index contributed by atoms with van der Waals surface area (Å²) in [5.74, 6) is -1.22. The number of carbonyl (C=O) groups excluding carboxylic acids is 1. The molecule has 0 radical (unpaired) electrons. The Bertz CT molecular complexity index is 1000. The fraction of sp³-hybridized carbons (Fsp3) is 0.300. The first-order chi connectivity index (χ1) is 13.8. The molecule has 0 saturated carbocycles. The molecule has 0 amide bonds. The van der Waals surface area contributed by atoms with Crippen LogP contribution >= 0.6 is 35.4 Å². The van der Waals surface area contributed by atoms with Gasteiger partial charge in [-0.3, -0.25) is 9.69 Å². The first-order valence-corrected chi connectivity index (χ1v) is 10.1. The molecule has 0 aromatic heterocycles. The highest BCUT2D eigenvalue weighted by molar-refractivity contribution is 7.80. The molecule has 4 rings (SSSR count). The van der Waals surface area contributed by atoms with E-state index < -0.39 is 23.7 Å². The van der Waals surface area contributed by atoms with Crippen LogP contribution in [0.15, 0.2) is 36.4 Å². The van der Waals surface area contributed by atoms with Crippen LogP contribution in [0, 0.1) is 11.7 Å². The molecule has 2 aromatic rings. The minimum absolute atomic E-state index is 0.211. The molecule has 3 atom stereocenters. The number of ether oxygens (including phenoxy) is 2. The third kappa shape index (κ3) is 3.21. The third-order valence-electron chi connectivity index (χ3n) is 5.14. The van der Waals surface area contributed by atoms with Crippen molar-refractivity contribution in [2.75, 3.05) is 11.5 Å². The van der Waals surface area contributed by atoms with E-state index in [-0.39, 0.29) is 12.4 Å². The molecule has 0 aliphatic carbocycles. The number of benzene rings is 2. The number of fused-ring (bicyclic) bond motifs is 4. The van der Waals surface area contributed by atoms with Gasteiger partial charge in [0.1, 0.15) is 17.5 Å². The highest BCUT2D eigenvalue weighted by atomic mass is 35.5. The van der Waals surface area contributed by atoms with Gasteiger partial charge in [0, 0.05) is 16.3 Å². The average Bonchev–Trinajstić information content (AvgIpc) is 2.64. The van der Waals surface area contributed by atoms with E-state index in [9.17, 15) is 9.18 Å². The number of esters is 1. The molecular formula is C20H17Cl2FN2O3S. The number of hydrogen-bond donors (Lipinski definition) is 1. The second-order valence-corrected chi connectivity index (χ2v) is 8.16. The van der Waals surface area contributed by atoms with Gasteiger partial charge in [-0.2, -0.15) is 0 Å². The number of hydrogen-bond acceptors (Lipinski definition) is 4. The van der Waals surface area contributed by atoms with Crippen LogP contribution < -0.4 is 15.0 Å². The van der Waals surface area contributed by atoms with Gasteiger partial charge in [0.05, 0.1) is 17.7 Å². The topological polar surface area (TPSA) is 50.8 Å². The van der Waals surface area contributed by atoms with Gasteiger partial charge in [-0.25, -0.2) is 4.39 Å². The highest BCUT2D eigenvalue weighted by Gasteiger charge is 2.60. The number of thiocarbonyl (C=S) groups is 1. The Morgan fingerprint density at radius 3 is 2.69 bits per heavy atom. The average molecular weight is 455 g/mol. The maximum absolute atomic E-state index is 13.5. The third-order valence-corrected chi connectivity index (χ3v) is 5.94. The van der Waals surface area contributed by atoms with Gasteiger partial charge in [0.15, 0.2) is 5.11 Å². The molecule has 9 heteroatoms. The molecule has 2 heterocycles. The fourth-order valence-corrected chi connectivity index (χ4v) is 4.93. The molecule has 152 valence electrons. The number of carbonyl (C=O) groups is 1. The zero-order valence-electron chi connectivity index (χ0n) is 15.5. The first-order valence-electron chi connectivity index (χ1n) is 8.97. The Hall–Kier alpha value is -2.09. The van der Waals surface area contributed by atoms with Crippen molar-refractivity contribution in [2.45, 2.75) is 25.6 Å². The van der Waals surface area contributed by atoms with E-state index in [1.54, 1.807) is 43.0 Å². The minimum atomic E-state index is -1.26. The van der Waals surface area contributed by atoms with Crippen LogP contribution in [-0.4, -0.2) is 23.4 Å². The predicted octanol–water partition coefficient (Wildman–Crippen LogP) is 4.86. The van der Waals surface area contributed by atoms with Gasteiger partial charge in [0.2, 0.25) is 5.72 Å². The SMILES string of the molecule is CCOC(=O)C1C2NC(=S)N(c3ccc(F)cc3)C1(C)Oc1c(Cl)cc(Cl)cc12. The second kappa shape index (κ2) is 7.31. The predicted molar refractivity (Wildman–Crippen MR) is 113 cm³/mol. The number of nitrogens with one attached hydrogen (secondary N) is 1. The van der Waals surface area contributed by atoms with Crippen molar-refractivity contribution in [1.82, 2.24) is 5.32 Å². The Morgan fingerprint density at radius 2 is 2.03 bits per heavy atom. The van der Waals surface area contributed by atoms with E-state index in [1.807, 2.05) is 0 Å². The lowest BCUT2D eigenvalue weighted by Gasteiger charge is -2.55. The molecule has 2 aliphatic heterocycles. The van der Waals surface area contributed by atoms with Crippen LogP contribution in [0.4, 0.5) is 10.1 Å². The lowest BCUT2D eigenvalue weighted by Crippen LogP contribution is -2.71. The summed E-state index contributed by atoms with van der Waals surface area (Å²) in [7, 11) is 0. The van der Waals surface area contributed by atoms with Crippen molar-refractivity contribution < 1.29 is 18.7 Å². The zero-order chi connectivity index (χ0) is 20.9. The quantitative estimate of drug-likeness (QED) is 0.527. The molecule has 2 aromatic carbocycles. The zero-order valence-corrected chi connectivity index (χ0v) is 17.9. The molecule has 2 aliphatic rings. The maximum Gasteiger partial charge on any atom is 0.317 e. The molecule has 0 spiro atoms. The Morgan fingerprint density at radius 1 is 1.34 bits per heavy atom. The molecule has 1 saturated heterocycles. The summed E-state index contributed by atoms with van der Waals surface area (Å²) in [5.41, 5.74) is -0.0755. The van der Waals surface area contributed by atoms with Crippen molar-refractivity contribution in [3.8, 4) is 5.75 Å².